The molecule has 1 atom stereocenters. The average molecular weight is 126 g/mol. The van der Waals surface area contributed by atoms with Crippen LogP contribution in [0.3, 0.4) is 0 Å². The maximum absolute atomic E-state index is 6.84. The van der Waals surface area contributed by atoms with E-state index in [1.807, 2.05) is 0 Å². The van der Waals surface area contributed by atoms with Crippen LogP contribution >= 0.6 is 0 Å². The van der Waals surface area contributed by atoms with E-state index in [1.165, 1.54) is 12.1 Å². The van der Waals surface area contributed by atoms with E-state index in [1.54, 1.807) is 0 Å². The SMILES string of the molecule is C[C](C)CC(C)CC=N. The molecule has 0 heterocycles. The Kier molecular flexibility index (Phi) is 4.37. The highest BCUT2D eigenvalue weighted by atomic mass is 14.3. The molecule has 0 fully saturated rings. The fraction of sp³-hybridized carbons (Fsp3) is 0.750. The largest absolute Gasteiger partial charge is 0.313 e. The zero-order valence-corrected chi connectivity index (χ0v) is 6.57. The second-order valence-electron chi connectivity index (χ2n) is 2.96. The molecule has 0 aliphatic carbocycles. The van der Waals surface area contributed by atoms with E-state index in [4.69, 9.17) is 5.41 Å². The van der Waals surface area contributed by atoms with Gasteiger partial charge in [0.1, 0.15) is 0 Å². The van der Waals surface area contributed by atoms with Crippen molar-refractivity contribution in [3.63, 3.8) is 0 Å². The molecule has 1 N–H and O–H groups in total. The van der Waals surface area contributed by atoms with E-state index in [-0.39, 0.29) is 0 Å². The zero-order valence-electron chi connectivity index (χ0n) is 6.57. The van der Waals surface area contributed by atoms with Gasteiger partial charge in [-0.1, -0.05) is 20.8 Å². The minimum atomic E-state index is 0.660. The summed E-state index contributed by atoms with van der Waals surface area (Å²) in [6, 6.07) is 0. The van der Waals surface area contributed by atoms with Crippen LogP contribution < -0.4 is 0 Å². The molecule has 1 radical (unpaired) electrons. The number of hydrogen-bond donors (Lipinski definition) is 1. The molecule has 0 aliphatic heterocycles. The molecule has 9 heavy (non-hydrogen) atoms. The van der Waals surface area contributed by atoms with Gasteiger partial charge in [0.05, 0.1) is 0 Å². The molecule has 0 spiro atoms. The van der Waals surface area contributed by atoms with E-state index in [9.17, 15) is 0 Å². The Morgan fingerprint density at radius 3 is 2.44 bits per heavy atom. The molecule has 0 rings (SSSR count). The van der Waals surface area contributed by atoms with Crippen LogP contribution in [0.15, 0.2) is 0 Å². The molecular formula is C8H16N. The van der Waals surface area contributed by atoms with Gasteiger partial charge in [-0.3, -0.25) is 0 Å². The van der Waals surface area contributed by atoms with Crippen LogP contribution in [0.5, 0.6) is 0 Å². The van der Waals surface area contributed by atoms with Crippen molar-refractivity contribution >= 4 is 6.21 Å². The number of nitrogens with one attached hydrogen (secondary N) is 1. The first-order valence-electron chi connectivity index (χ1n) is 3.44. The molecule has 0 saturated heterocycles. The van der Waals surface area contributed by atoms with Crippen molar-refractivity contribution in [1.29, 1.82) is 5.41 Å². The Morgan fingerprint density at radius 1 is 1.56 bits per heavy atom. The number of rotatable bonds is 4. The van der Waals surface area contributed by atoms with Gasteiger partial charge in [0.25, 0.3) is 0 Å². The summed E-state index contributed by atoms with van der Waals surface area (Å²) in [5, 5.41) is 6.84. The molecule has 0 aromatic heterocycles. The van der Waals surface area contributed by atoms with Crippen LogP contribution in [-0.4, -0.2) is 6.21 Å². The smallest absolute Gasteiger partial charge is 0.00451 e. The third kappa shape index (κ3) is 5.54. The van der Waals surface area contributed by atoms with Gasteiger partial charge < -0.3 is 5.41 Å². The quantitative estimate of drug-likeness (QED) is 0.560. The fourth-order valence-electron chi connectivity index (χ4n) is 0.981. The summed E-state index contributed by atoms with van der Waals surface area (Å²) in [4.78, 5) is 0. The highest BCUT2D eigenvalue weighted by molar-refractivity contribution is 5.53. The molecule has 0 bridgehead atoms. The van der Waals surface area contributed by atoms with Crippen LogP contribution in [0.2, 0.25) is 0 Å². The zero-order chi connectivity index (χ0) is 7.28. The van der Waals surface area contributed by atoms with Gasteiger partial charge in [-0.05, 0) is 30.9 Å². The highest BCUT2D eigenvalue weighted by Crippen LogP contribution is 2.14. The molecule has 0 aromatic carbocycles. The van der Waals surface area contributed by atoms with Gasteiger partial charge in [0.15, 0.2) is 0 Å². The first-order chi connectivity index (χ1) is 4.16. The van der Waals surface area contributed by atoms with Gasteiger partial charge in [0.2, 0.25) is 0 Å². The maximum Gasteiger partial charge on any atom is -0.00451 e. The van der Waals surface area contributed by atoms with E-state index >= 15 is 0 Å². The topological polar surface area (TPSA) is 23.9 Å². The lowest BCUT2D eigenvalue weighted by molar-refractivity contribution is 0.570. The van der Waals surface area contributed by atoms with Crippen LogP contribution in [0.25, 0.3) is 0 Å². The summed E-state index contributed by atoms with van der Waals surface area (Å²) >= 11 is 0. The lowest BCUT2D eigenvalue weighted by atomic mass is 9.97. The standard InChI is InChI=1S/C8H16N/c1-7(2)6-8(3)4-5-9/h5,8-9H,4,6H2,1-3H3. The van der Waals surface area contributed by atoms with Crippen molar-refractivity contribution in [3.05, 3.63) is 5.92 Å². The second kappa shape index (κ2) is 4.54. The van der Waals surface area contributed by atoms with Crippen LogP contribution in [0, 0.1) is 17.2 Å². The maximum atomic E-state index is 6.84. The van der Waals surface area contributed by atoms with Crippen molar-refractivity contribution in [2.45, 2.75) is 33.6 Å². The van der Waals surface area contributed by atoms with E-state index in [2.05, 4.69) is 20.8 Å². The molecule has 0 saturated carbocycles. The Labute approximate surface area is 58.0 Å². The average Bonchev–Trinajstić information content (AvgIpc) is 1.63. The molecular weight excluding hydrogens is 110 g/mol. The molecule has 1 heteroatoms. The summed E-state index contributed by atoms with van der Waals surface area (Å²) in [5.74, 6) is 2.12. The summed E-state index contributed by atoms with van der Waals surface area (Å²) in [5.41, 5.74) is 0. The van der Waals surface area contributed by atoms with Gasteiger partial charge >= 0.3 is 0 Å². The van der Waals surface area contributed by atoms with E-state index < -0.39 is 0 Å². The first kappa shape index (κ1) is 8.67. The van der Waals surface area contributed by atoms with Gasteiger partial charge in [-0.15, -0.1) is 0 Å². The monoisotopic (exact) mass is 126 g/mol. The predicted molar refractivity (Wildman–Crippen MR) is 41.8 cm³/mol. The third-order valence-electron chi connectivity index (χ3n) is 1.28. The number of hydrogen-bond acceptors (Lipinski definition) is 1. The van der Waals surface area contributed by atoms with Crippen LogP contribution in [-0.2, 0) is 0 Å². The Balaban J connectivity index is 3.25. The fourth-order valence-corrected chi connectivity index (χ4v) is 0.981. The molecule has 0 amide bonds. The van der Waals surface area contributed by atoms with Crippen molar-refractivity contribution < 1.29 is 0 Å². The summed E-state index contributed by atoms with van der Waals surface area (Å²) < 4.78 is 0. The summed E-state index contributed by atoms with van der Waals surface area (Å²) in [6.07, 6.45) is 3.58. The third-order valence-corrected chi connectivity index (χ3v) is 1.28. The second-order valence-corrected chi connectivity index (χ2v) is 2.96. The normalized spacial score (nSPS) is 13.8. The van der Waals surface area contributed by atoms with Crippen molar-refractivity contribution in [1.82, 2.24) is 0 Å². The molecule has 0 aromatic rings. The predicted octanol–water partition coefficient (Wildman–Crippen LogP) is 2.67. The van der Waals surface area contributed by atoms with Gasteiger partial charge in [-0.2, -0.15) is 0 Å². The Bertz CT molecular complexity index is 76.6. The Morgan fingerprint density at radius 2 is 2.11 bits per heavy atom. The summed E-state index contributed by atoms with van der Waals surface area (Å²) in [6.45, 7) is 6.46. The van der Waals surface area contributed by atoms with E-state index in [0.717, 1.165) is 12.8 Å². The molecule has 1 unspecified atom stereocenters. The molecule has 0 aliphatic rings. The van der Waals surface area contributed by atoms with Crippen LogP contribution in [0.1, 0.15) is 33.6 Å². The van der Waals surface area contributed by atoms with Gasteiger partial charge in [0, 0.05) is 0 Å². The highest BCUT2D eigenvalue weighted by Gasteiger charge is 2.02. The Hall–Kier alpha value is -0.330. The van der Waals surface area contributed by atoms with Crippen molar-refractivity contribution in [2.75, 3.05) is 0 Å². The lowest BCUT2D eigenvalue weighted by Gasteiger charge is -2.09. The minimum Gasteiger partial charge on any atom is -0.313 e. The van der Waals surface area contributed by atoms with Gasteiger partial charge in [-0.25, -0.2) is 0 Å². The molecule has 1 nitrogen and oxygen atoms in total. The summed E-state index contributed by atoms with van der Waals surface area (Å²) in [7, 11) is 0. The minimum absolute atomic E-state index is 0.660. The molecule has 53 valence electrons. The van der Waals surface area contributed by atoms with Crippen molar-refractivity contribution in [3.8, 4) is 0 Å². The van der Waals surface area contributed by atoms with Crippen LogP contribution in [0.4, 0.5) is 0 Å². The van der Waals surface area contributed by atoms with E-state index in [0.29, 0.717) is 5.92 Å². The lowest BCUT2D eigenvalue weighted by Crippen LogP contribution is -1.98. The van der Waals surface area contributed by atoms with Crippen molar-refractivity contribution in [2.24, 2.45) is 5.92 Å². The first-order valence-corrected chi connectivity index (χ1v) is 3.44.